The molecule has 2 atom stereocenters. The lowest BCUT2D eigenvalue weighted by Crippen LogP contribution is -2.59. The number of amides is 2. The number of esters is 1. The molecule has 0 unspecified atom stereocenters. The van der Waals surface area contributed by atoms with Crippen molar-refractivity contribution in [3.05, 3.63) is 71.7 Å². The molecular formula is C30H37FN4O4. The average molecular weight is 537 g/mol. The van der Waals surface area contributed by atoms with Crippen LogP contribution < -0.4 is 11.1 Å². The highest BCUT2D eigenvalue weighted by Gasteiger charge is 2.46. The Bertz CT molecular complexity index is 1330. The second-order valence-electron chi connectivity index (χ2n) is 11.0. The van der Waals surface area contributed by atoms with Crippen molar-refractivity contribution in [1.29, 1.82) is 0 Å². The number of rotatable bonds is 9. The van der Waals surface area contributed by atoms with Gasteiger partial charge >= 0.3 is 5.97 Å². The maximum absolute atomic E-state index is 14.0. The van der Waals surface area contributed by atoms with Crippen molar-refractivity contribution in [3.8, 4) is 0 Å². The van der Waals surface area contributed by atoms with Crippen LogP contribution in [-0.4, -0.2) is 58.9 Å². The fourth-order valence-corrected chi connectivity index (χ4v) is 5.28. The van der Waals surface area contributed by atoms with Gasteiger partial charge in [0.2, 0.25) is 11.8 Å². The number of hydrogen-bond donors (Lipinski definition) is 3. The second kappa shape index (κ2) is 11.6. The number of hydrogen-bond acceptors (Lipinski definition) is 5. The quantitative estimate of drug-likeness (QED) is 0.362. The molecule has 0 aliphatic carbocycles. The molecule has 2 heterocycles. The van der Waals surface area contributed by atoms with Gasteiger partial charge in [-0.2, -0.15) is 0 Å². The van der Waals surface area contributed by atoms with E-state index in [1.807, 2.05) is 30.3 Å². The Balaban J connectivity index is 1.64. The van der Waals surface area contributed by atoms with Crippen LogP contribution in [0.5, 0.6) is 0 Å². The number of carbonyl (C=O) groups is 3. The number of benzene rings is 2. The summed E-state index contributed by atoms with van der Waals surface area (Å²) in [6.07, 6.45) is 3.48. The van der Waals surface area contributed by atoms with Gasteiger partial charge in [0.05, 0.1) is 17.6 Å². The van der Waals surface area contributed by atoms with Crippen LogP contribution in [0.1, 0.15) is 44.7 Å². The third kappa shape index (κ3) is 6.47. The van der Waals surface area contributed by atoms with E-state index in [0.717, 1.165) is 11.1 Å². The van der Waals surface area contributed by atoms with E-state index in [1.165, 1.54) is 12.1 Å². The van der Waals surface area contributed by atoms with Gasteiger partial charge in [0.1, 0.15) is 11.9 Å². The largest absolute Gasteiger partial charge is 0.466 e. The molecule has 2 aromatic carbocycles. The van der Waals surface area contributed by atoms with Gasteiger partial charge in [-0.25, -0.2) is 4.39 Å². The minimum Gasteiger partial charge on any atom is -0.466 e. The summed E-state index contributed by atoms with van der Waals surface area (Å²) in [5, 5.41) is 3.46. The van der Waals surface area contributed by atoms with Crippen LogP contribution in [0.4, 0.5) is 4.39 Å². The minimum absolute atomic E-state index is 0.131. The van der Waals surface area contributed by atoms with E-state index in [2.05, 4.69) is 10.3 Å². The van der Waals surface area contributed by atoms with Gasteiger partial charge in [-0.3, -0.25) is 14.4 Å². The number of carbonyl (C=O) groups excluding carboxylic acids is 3. The maximum atomic E-state index is 14.0. The molecule has 0 saturated carbocycles. The number of likely N-dealkylation sites (tertiary alicyclic amines) is 1. The Hall–Kier alpha value is -3.72. The SMILES string of the molecule is CCOC(=O)[C@]1(Cc2ccccc2)CCCN(C(=O)[C@@H](Cc2c[nH]c3ccc(F)cc23)NC(=O)C(C)(C)N)C1. The zero-order chi connectivity index (χ0) is 28.2. The molecule has 1 fully saturated rings. The smallest absolute Gasteiger partial charge is 0.314 e. The van der Waals surface area contributed by atoms with Gasteiger partial charge in [0, 0.05) is 36.6 Å². The third-order valence-electron chi connectivity index (χ3n) is 7.32. The summed E-state index contributed by atoms with van der Waals surface area (Å²) in [7, 11) is 0. The summed E-state index contributed by atoms with van der Waals surface area (Å²) in [6.45, 7) is 5.75. The summed E-state index contributed by atoms with van der Waals surface area (Å²) in [4.78, 5) is 45.0. The number of aromatic nitrogens is 1. The maximum Gasteiger partial charge on any atom is 0.314 e. The molecule has 8 nitrogen and oxygen atoms in total. The zero-order valence-electron chi connectivity index (χ0n) is 22.8. The van der Waals surface area contributed by atoms with Gasteiger partial charge in [-0.15, -0.1) is 0 Å². The van der Waals surface area contributed by atoms with Crippen LogP contribution >= 0.6 is 0 Å². The normalized spacial score (nSPS) is 18.5. The lowest BCUT2D eigenvalue weighted by atomic mass is 9.75. The molecule has 0 spiro atoms. The van der Waals surface area contributed by atoms with E-state index in [0.29, 0.717) is 36.8 Å². The van der Waals surface area contributed by atoms with Crippen molar-refractivity contribution in [3.63, 3.8) is 0 Å². The highest BCUT2D eigenvalue weighted by molar-refractivity contribution is 5.93. The second-order valence-corrected chi connectivity index (χ2v) is 11.0. The van der Waals surface area contributed by atoms with E-state index < -0.39 is 28.7 Å². The predicted molar refractivity (Wildman–Crippen MR) is 147 cm³/mol. The van der Waals surface area contributed by atoms with Crippen molar-refractivity contribution < 1.29 is 23.5 Å². The van der Waals surface area contributed by atoms with Crippen molar-refractivity contribution in [2.45, 2.75) is 58.0 Å². The summed E-state index contributed by atoms with van der Waals surface area (Å²) < 4.78 is 19.5. The summed E-state index contributed by atoms with van der Waals surface area (Å²) in [6, 6.07) is 13.1. The number of aromatic amines is 1. The number of fused-ring (bicyclic) bond motifs is 1. The molecule has 0 radical (unpaired) electrons. The number of nitrogens with one attached hydrogen (secondary N) is 2. The molecule has 39 heavy (non-hydrogen) atoms. The number of ether oxygens (including phenoxy) is 1. The van der Waals surface area contributed by atoms with E-state index in [9.17, 15) is 18.8 Å². The highest BCUT2D eigenvalue weighted by atomic mass is 19.1. The zero-order valence-corrected chi connectivity index (χ0v) is 22.8. The number of nitrogens with zero attached hydrogens (tertiary/aromatic N) is 1. The molecule has 0 bridgehead atoms. The number of halogens is 1. The summed E-state index contributed by atoms with van der Waals surface area (Å²) in [5.74, 6) is -1.53. The van der Waals surface area contributed by atoms with Crippen molar-refractivity contribution in [1.82, 2.24) is 15.2 Å². The van der Waals surface area contributed by atoms with Crippen LogP contribution in [0.2, 0.25) is 0 Å². The van der Waals surface area contributed by atoms with Crippen LogP contribution in [-0.2, 0) is 32.0 Å². The lowest BCUT2D eigenvalue weighted by Gasteiger charge is -2.42. The molecule has 9 heteroatoms. The first-order valence-electron chi connectivity index (χ1n) is 13.4. The molecule has 1 aliphatic heterocycles. The van der Waals surface area contributed by atoms with Crippen LogP contribution in [0, 0.1) is 11.2 Å². The summed E-state index contributed by atoms with van der Waals surface area (Å²) in [5.41, 5.74) is 6.32. The molecule has 2 amide bonds. The molecule has 4 N–H and O–H groups in total. The third-order valence-corrected chi connectivity index (χ3v) is 7.32. The topological polar surface area (TPSA) is 118 Å². The van der Waals surface area contributed by atoms with E-state index >= 15 is 0 Å². The Morgan fingerprint density at radius 3 is 2.64 bits per heavy atom. The predicted octanol–water partition coefficient (Wildman–Crippen LogP) is 3.49. The average Bonchev–Trinajstić information content (AvgIpc) is 3.29. The first kappa shape index (κ1) is 28.3. The van der Waals surface area contributed by atoms with Crippen molar-refractivity contribution in [2.24, 2.45) is 11.1 Å². The fraction of sp³-hybridized carbons (Fsp3) is 0.433. The van der Waals surface area contributed by atoms with Crippen molar-refractivity contribution in [2.75, 3.05) is 19.7 Å². The van der Waals surface area contributed by atoms with E-state index in [1.54, 1.807) is 37.9 Å². The van der Waals surface area contributed by atoms with Crippen molar-refractivity contribution >= 4 is 28.7 Å². The molecule has 1 aliphatic rings. The van der Waals surface area contributed by atoms with Crippen LogP contribution in [0.15, 0.2) is 54.7 Å². The monoisotopic (exact) mass is 536 g/mol. The molecule has 1 aromatic heterocycles. The number of piperidine rings is 1. The fourth-order valence-electron chi connectivity index (χ4n) is 5.28. The molecule has 3 aromatic rings. The van der Waals surface area contributed by atoms with E-state index in [-0.39, 0.29) is 31.4 Å². The lowest BCUT2D eigenvalue weighted by molar-refractivity contribution is -0.161. The number of H-pyrrole nitrogens is 1. The molecule has 1 saturated heterocycles. The molecular weight excluding hydrogens is 499 g/mol. The highest BCUT2D eigenvalue weighted by Crippen LogP contribution is 2.36. The van der Waals surface area contributed by atoms with Gasteiger partial charge in [0.15, 0.2) is 0 Å². The van der Waals surface area contributed by atoms with E-state index in [4.69, 9.17) is 10.5 Å². The van der Waals surface area contributed by atoms with Crippen LogP contribution in [0.3, 0.4) is 0 Å². The van der Waals surface area contributed by atoms with Gasteiger partial charge in [-0.1, -0.05) is 30.3 Å². The summed E-state index contributed by atoms with van der Waals surface area (Å²) >= 11 is 0. The Kier molecular flexibility index (Phi) is 8.39. The number of nitrogens with two attached hydrogens (primary N) is 1. The van der Waals surface area contributed by atoms with Gasteiger partial charge in [-0.05, 0) is 69.4 Å². The van der Waals surface area contributed by atoms with Gasteiger partial charge < -0.3 is 25.7 Å². The first-order chi connectivity index (χ1) is 18.5. The van der Waals surface area contributed by atoms with Gasteiger partial charge in [0.25, 0.3) is 0 Å². The molecule has 4 rings (SSSR count). The first-order valence-corrected chi connectivity index (χ1v) is 13.4. The van der Waals surface area contributed by atoms with Crippen LogP contribution in [0.25, 0.3) is 10.9 Å². The minimum atomic E-state index is -1.21. The standard InChI is InChI=1S/C30H37FN4O4/c1-4-39-28(38)30(17-20-9-6-5-7-10-20)13-8-14-35(19-30)26(36)25(34-27(37)29(2,3)32)15-21-18-33-24-12-11-22(31)16-23(21)24/h5-7,9-12,16,18,25,33H,4,8,13-15,17,19,32H2,1-3H3,(H,34,37)/t25-,30+/m1/s1. The Morgan fingerprint density at radius 1 is 1.21 bits per heavy atom. The molecule has 208 valence electrons. The Morgan fingerprint density at radius 2 is 1.95 bits per heavy atom. The Labute approximate surface area is 228 Å².